The molecule has 0 unspecified atom stereocenters. The molecule has 0 aliphatic carbocycles. The quantitative estimate of drug-likeness (QED) is 0.740. The van der Waals surface area contributed by atoms with Crippen LogP contribution in [0.5, 0.6) is 5.75 Å². The largest absolute Gasteiger partial charge is 0.496 e. The molecule has 0 aliphatic heterocycles. The van der Waals surface area contributed by atoms with Crippen LogP contribution in [0.2, 0.25) is 0 Å². The summed E-state index contributed by atoms with van der Waals surface area (Å²) in [5.41, 5.74) is 0.664. The minimum Gasteiger partial charge on any atom is -0.496 e. The van der Waals surface area contributed by atoms with Crippen molar-refractivity contribution in [1.82, 2.24) is 5.32 Å². The van der Waals surface area contributed by atoms with Crippen LogP contribution in [-0.4, -0.2) is 27.5 Å². The highest BCUT2D eigenvalue weighted by Gasteiger charge is 2.17. The molecule has 6 nitrogen and oxygen atoms in total. The van der Waals surface area contributed by atoms with Gasteiger partial charge in [-0.1, -0.05) is 6.07 Å². The van der Waals surface area contributed by atoms with Gasteiger partial charge >= 0.3 is 0 Å². The van der Waals surface area contributed by atoms with Gasteiger partial charge in [-0.05, 0) is 66.2 Å². The van der Waals surface area contributed by atoms with E-state index in [-0.39, 0.29) is 22.4 Å². The van der Waals surface area contributed by atoms with Crippen molar-refractivity contribution in [2.24, 2.45) is 0 Å². The molecule has 0 heterocycles. The molecule has 2 N–H and O–H groups in total. The second-order valence-electron chi connectivity index (χ2n) is 5.61. The molecule has 134 valence electrons. The number of ether oxygens (including phenoxy) is 1. The molecule has 1 amide bonds. The van der Waals surface area contributed by atoms with Crippen LogP contribution < -0.4 is 14.8 Å². The van der Waals surface area contributed by atoms with Crippen LogP contribution in [0.3, 0.4) is 0 Å². The number of benzene rings is 2. The van der Waals surface area contributed by atoms with Crippen molar-refractivity contribution in [2.45, 2.75) is 24.8 Å². The first kappa shape index (κ1) is 19.3. The van der Waals surface area contributed by atoms with Crippen LogP contribution in [0.4, 0.5) is 5.69 Å². The fourth-order valence-corrected chi connectivity index (χ4v) is 3.73. The van der Waals surface area contributed by atoms with E-state index >= 15 is 0 Å². The van der Waals surface area contributed by atoms with Crippen LogP contribution in [0.1, 0.15) is 24.2 Å². The fraction of sp³-hybridized carbons (Fsp3) is 0.235. The number of carbonyl (C=O) groups is 1. The molecule has 0 aromatic heterocycles. The molecule has 0 fully saturated rings. The Morgan fingerprint density at radius 1 is 1.16 bits per heavy atom. The normalized spacial score (nSPS) is 11.2. The van der Waals surface area contributed by atoms with Gasteiger partial charge < -0.3 is 10.1 Å². The monoisotopic (exact) mass is 426 g/mol. The Labute approximate surface area is 155 Å². The second-order valence-corrected chi connectivity index (χ2v) is 8.15. The van der Waals surface area contributed by atoms with Gasteiger partial charge in [0.05, 0.1) is 22.2 Å². The summed E-state index contributed by atoms with van der Waals surface area (Å²) in [6, 6.07) is 10.7. The summed E-state index contributed by atoms with van der Waals surface area (Å²) in [5, 5.41) is 2.73. The molecule has 8 heteroatoms. The van der Waals surface area contributed by atoms with E-state index in [0.29, 0.717) is 15.9 Å². The van der Waals surface area contributed by atoms with Crippen molar-refractivity contribution in [2.75, 3.05) is 11.8 Å². The van der Waals surface area contributed by atoms with Crippen LogP contribution >= 0.6 is 15.9 Å². The number of methoxy groups -OCH3 is 1. The van der Waals surface area contributed by atoms with Crippen LogP contribution in [0, 0.1) is 0 Å². The van der Waals surface area contributed by atoms with Gasteiger partial charge in [0.25, 0.3) is 15.9 Å². The maximum absolute atomic E-state index is 12.6. The van der Waals surface area contributed by atoms with Gasteiger partial charge in [0.2, 0.25) is 0 Å². The van der Waals surface area contributed by atoms with E-state index in [1.165, 1.54) is 25.3 Å². The lowest BCUT2D eigenvalue weighted by Gasteiger charge is -2.12. The number of halogens is 1. The number of nitrogens with one attached hydrogen (secondary N) is 2. The third-order valence-electron chi connectivity index (χ3n) is 3.23. The van der Waals surface area contributed by atoms with Crippen molar-refractivity contribution in [1.29, 1.82) is 0 Å². The van der Waals surface area contributed by atoms with Gasteiger partial charge in [-0.15, -0.1) is 0 Å². The number of anilines is 1. The zero-order valence-corrected chi connectivity index (χ0v) is 16.4. The molecular formula is C17H19BrN2O4S. The van der Waals surface area contributed by atoms with Gasteiger partial charge in [0.15, 0.2) is 0 Å². The Bertz CT molecular complexity index is 882. The van der Waals surface area contributed by atoms with Gasteiger partial charge in [-0.3, -0.25) is 9.52 Å². The van der Waals surface area contributed by atoms with Crippen molar-refractivity contribution >= 4 is 37.5 Å². The van der Waals surface area contributed by atoms with Gasteiger partial charge in [-0.2, -0.15) is 0 Å². The molecule has 2 aromatic rings. The molecule has 25 heavy (non-hydrogen) atoms. The van der Waals surface area contributed by atoms with Crippen LogP contribution in [0.25, 0.3) is 0 Å². The Morgan fingerprint density at radius 3 is 2.48 bits per heavy atom. The molecule has 2 aromatic carbocycles. The van der Waals surface area contributed by atoms with E-state index in [0.717, 1.165) is 0 Å². The summed E-state index contributed by atoms with van der Waals surface area (Å²) in [6.45, 7) is 3.67. The number of hydrogen-bond donors (Lipinski definition) is 2. The van der Waals surface area contributed by atoms with E-state index in [4.69, 9.17) is 4.74 Å². The van der Waals surface area contributed by atoms with E-state index in [1.54, 1.807) is 24.3 Å². The number of hydrogen-bond acceptors (Lipinski definition) is 4. The fourth-order valence-electron chi connectivity index (χ4n) is 2.09. The minimum atomic E-state index is -3.83. The summed E-state index contributed by atoms with van der Waals surface area (Å²) >= 11 is 3.31. The number of rotatable bonds is 6. The lowest BCUT2D eigenvalue weighted by atomic mass is 10.2. The first-order valence-corrected chi connectivity index (χ1v) is 9.78. The van der Waals surface area contributed by atoms with Gasteiger partial charge in [0, 0.05) is 11.6 Å². The third-order valence-corrected chi connectivity index (χ3v) is 5.23. The molecule has 0 saturated heterocycles. The van der Waals surface area contributed by atoms with Crippen molar-refractivity contribution in [3.05, 3.63) is 52.5 Å². The third kappa shape index (κ3) is 4.96. The Hall–Kier alpha value is -2.06. The Balaban J connectivity index is 2.27. The molecule has 0 saturated carbocycles. The number of sulfonamides is 1. The predicted octanol–water partition coefficient (Wildman–Crippen LogP) is 3.40. The van der Waals surface area contributed by atoms with Gasteiger partial charge in [0.1, 0.15) is 5.75 Å². The van der Waals surface area contributed by atoms with Crippen molar-refractivity contribution < 1.29 is 17.9 Å². The highest BCUT2D eigenvalue weighted by atomic mass is 79.9. The zero-order chi connectivity index (χ0) is 18.6. The maximum atomic E-state index is 12.6. The van der Waals surface area contributed by atoms with Crippen molar-refractivity contribution in [3.8, 4) is 5.75 Å². The van der Waals surface area contributed by atoms with Crippen LogP contribution in [0.15, 0.2) is 51.8 Å². The standard InChI is InChI=1S/C17H19BrN2O4S/c1-11(2)19-17(21)12-5-4-6-14(9-12)25(22,23)20-13-7-8-16(24-3)15(18)10-13/h4-11,20H,1-3H3,(H,19,21). The van der Waals surface area contributed by atoms with Gasteiger partial charge in [-0.25, -0.2) is 8.42 Å². The first-order chi connectivity index (χ1) is 11.7. The molecule has 0 atom stereocenters. The highest BCUT2D eigenvalue weighted by molar-refractivity contribution is 9.10. The Kier molecular flexibility index (Phi) is 6.07. The number of amides is 1. The summed E-state index contributed by atoms with van der Waals surface area (Å²) in [5.74, 6) is 0.273. The van der Waals surface area contributed by atoms with E-state index < -0.39 is 10.0 Å². The SMILES string of the molecule is COc1ccc(NS(=O)(=O)c2cccc(C(=O)NC(C)C)c2)cc1Br. The first-order valence-electron chi connectivity index (χ1n) is 7.50. The molecule has 0 aliphatic rings. The molecular weight excluding hydrogens is 408 g/mol. The van der Waals surface area contributed by atoms with E-state index in [9.17, 15) is 13.2 Å². The minimum absolute atomic E-state index is 0.0100. The summed E-state index contributed by atoms with van der Waals surface area (Å²) in [4.78, 5) is 12.1. The Morgan fingerprint density at radius 2 is 1.88 bits per heavy atom. The maximum Gasteiger partial charge on any atom is 0.261 e. The lowest BCUT2D eigenvalue weighted by Crippen LogP contribution is -2.30. The van der Waals surface area contributed by atoms with E-state index in [1.807, 2.05) is 13.8 Å². The smallest absolute Gasteiger partial charge is 0.261 e. The topological polar surface area (TPSA) is 84.5 Å². The average Bonchev–Trinajstić information content (AvgIpc) is 2.54. The predicted molar refractivity (Wildman–Crippen MR) is 101 cm³/mol. The van der Waals surface area contributed by atoms with Crippen LogP contribution in [-0.2, 0) is 10.0 Å². The highest BCUT2D eigenvalue weighted by Crippen LogP contribution is 2.28. The molecule has 0 bridgehead atoms. The number of carbonyl (C=O) groups excluding carboxylic acids is 1. The average molecular weight is 427 g/mol. The summed E-state index contributed by atoms with van der Waals surface area (Å²) in [7, 11) is -2.30. The van der Waals surface area contributed by atoms with Crippen molar-refractivity contribution in [3.63, 3.8) is 0 Å². The molecule has 0 radical (unpaired) electrons. The van der Waals surface area contributed by atoms with E-state index in [2.05, 4.69) is 26.0 Å². The lowest BCUT2D eigenvalue weighted by molar-refractivity contribution is 0.0943. The summed E-state index contributed by atoms with van der Waals surface area (Å²) in [6.07, 6.45) is 0. The molecule has 2 rings (SSSR count). The summed E-state index contributed by atoms with van der Waals surface area (Å²) < 4.78 is 33.4. The second kappa shape index (κ2) is 7.88. The molecule has 0 spiro atoms. The zero-order valence-electron chi connectivity index (χ0n) is 14.0.